The third kappa shape index (κ3) is 5.35. The lowest BCUT2D eigenvalue weighted by molar-refractivity contribution is -0.130. The van der Waals surface area contributed by atoms with E-state index in [1.54, 1.807) is 18.2 Å². The van der Waals surface area contributed by atoms with Crippen molar-refractivity contribution in [2.45, 2.75) is 26.7 Å². The van der Waals surface area contributed by atoms with E-state index in [2.05, 4.69) is 6.92 Å². The Balaban J connectivity index is 2.15. The summed E-state index contributed by atoms with van der Waals surface area (Å²) in [5, 5.41) is 9.34. The van der Waals surface area contributed by atoms with Crippen LogP contribution in [-0.2, 0) is 4.79 Å². The molecule has 0 bridgehead atoms. The highest BCUT2D eigenvalue weighted by Gasteiger charge is 2.09. The van der Waals surface area contributed by atoms with Crippen LogP contribution < -0.4 is 4.74 Å². The van der Waals surface area contributed by atoms with E-state index >= 15 is 0 Å². The molecular weight excluding hydrogens is 312 g/mol. The lowest BCUT2D eigenvalue weighted by Crippen LogP contribution is -1.99. The van der Waals surface area contributed by atoms with E-state index in [-0.39, 0.29) is 5.57 Å². The Hall–Kier alpha value is -2.81. The number of unbranched alkanes of at least 4 members (excludes halogenated alkanes) is 1. The Morgan fingerprint density at radius 1 is 1.04 bits per heavy atom. The van der Waals surface area contributed by atoms with E-state index in [4.69, 9.17) is 4.74 Å². The van der Waals surface area contributed by atoms with Crippen molar-refractivity contribution in [2.24, 2.45) is 0 Å². The molecule has 2 aromatic carbocycles. The minimum Gasteiger partial charge on any atom is -0.494 e. The summed E-state index contributed by atoms with van der Waals surface area (Å²) in [5.74, 6) is -0.0595. The molecule has 0 aliphatic carbocycles. The zero-order valence-electron chi connectivity index (χ0n) is 14.7. The highest BCUT2D eigenvalue weighted by molar-refractivity contribution is 6.15. The van der Waals surface area contributed by atoms with Crippen molar-refractivity contribution in [1.29, 1.82) is 0 Å². The minimum absolute atomic E-state index is 0.282. The molecule has 3 heteroatoms. The number of rotatable bonds is 8. The molecule has 0 amide bonds. The highest BCUT2D eigenvalue weighted by atomic mass is 16.5. The van der Waals surface area contributed by atoms with E-state index in [1.165, 1.54) is 0 Å². The summed E-state index contributed by atoms with van der Waals surface area (Å²) in [6, 6.07) is 15.5. The number of carboxylic acid groups (broad SMARTS) is 1. The van der Waals surface area contributed by atoms with Crippen molar-refractivity contribution in [2.75, 3.05) is 6.61 Å². The van der Waals surface area contributed by atoms with Gasteiger partial charge in [0.25, 0.3) is 0 Å². The first-order valence-corrected chi connectivity index (χ1v) is 8.55. The summed E-state index contributed by atoms with van der Waals surface area (Å²) in [7, 11) is 0. The van der Waals surface area contributed by atoms with Gasteiger partial charge in [0, 0.05) is 0 Å². The van der Waals surface area contributed by atoms with E-state index in [0.717, 1.165) is 36.3 Å². The minimum atomic E-state index is -0.931. The van der Waals surface area contributed by atoms with Gasteiger partial charge < -0.3 is 9.84 Å². The van der Waals surface area contributed by atoms with Crippen molar-refractivity contribution in [3.8, 4) is 16.9 Å². The number of aliphatic carboxylic acids is 1. The Kier molecular flexibility index (Phi) is 7.02. The Bertz CT molecular complexity index is 738. The van der Waals surface area contributed by atoms with Gasteiger partial charge >= 0.3 is 5.97 Å². The van der Waals surface area contributed by atoms with Gasteiger partial charge in [0.2, 0.25) is 0 Å². The van der Waals surface area contributed by atoms with E-state index < -0.39 is 5.97 Å². The standard InChI is InChI=1S/C22H24O3/c1-3-5-7-21(22(23)24)19-10-8-17(9-11-19)18-12-14-20(15-13-18)25-16-6-4-2/h3,5,7-15H,4,6,16H2,1-2H3,(H,23,24)/b5-3+,21-7+. The van der Waals surface area contributed by atoms with Gasteiger partial charge in [-0.15, -0.1) is 0 Å². The van der Waals surface area contributed by atoms with Gasteiger partial charge in [0.15, 0.2) is 0 Å². The van der Waals surface area contributed by atoms with Crippen LogP contribution in [0.2, 0.25) is 0 Å². The first kappa shape index (κ1) is 18.5. The molecule has 0 spiro atoms. The average molecular weight is 336 g/mol. The molecule has 0 saturated heterocycles. The average Bonchev–Trinajstić information content (AvgIpc) is 2.63. The van der Waals surface area contributed by atoms with Gasteiger partial charge in [0.05, 0.1) is 12.2 Å². The van der Waals surface area contributed by atoms with Crippen LogP contribution in [0.3, 0.4) is 0 Å². The SMILES string of the molecule is C/C=C/C=C(/C(=O)O)c1ccc(-c2ccc(OCCCC)cc2)cc1. The van der Waals surface area contributed by atoms with Crippen molar-refractivity contribution in [3.63, 3.8) is 0 Å². The molecule has 0 saturated carbocycles. The first-order chi connectivity index (χ1) is 12.2. The molecule has 0 atom stereocenters. The maximum atomic E-state index is 11.4. The van der Waals surface area contributed by atoms with Gasteiger partial charge in [-0.25, -0.2) is 4.79 Å². The van der Waals surface area contributed by atoms with Crippen LogP contribution in [0.1, 0.15) is 32.3 Å². The van der Waals surface area contributed by atoms with Gasteiger partial charge in [0.1, 0.15) is 5.75 Å². The van der Waals surface area contributed by atoms with Crippen LogP contribution in [0.15, 0.2) is 66.8 Å². The number of carboxylic acids is 1. The summed E-state index contributed by atoms with van der Waals surface area (Å²) in [6.45, 7) is 4.73. The molecule has 130 valence electrons. The smallest absolute Gasteiger partial charge is 0.336 e. The third-order valence-corrected chi connectivity index (χ3v) is 3.84. The predicted molar refractivity (Wildman–Crippen MR) is 103 cm³/mol. The molecule has 0 radical (unpaired) electrons. The van der Waals surface area contributed by atoms with Crippen molar-refractivity contribution < 1.29 is 14.6 Å². The normalized spacial score (nSPS) is 11.7. The highest BCUT2D eigenvalue weighted by Crippen LogP contribution is 2.25. The summed E-state index contributed by atoms with van der Waals surface area (Å²) in [5.41, 5.74) is 3.08. The predicted octanol–water partition coefficient (Wildman–Crippen LogP) is 5.58. The fourth-order valence-electron chi connectivity index (χ4n) is 2.40. The van der Waals surface area contributed by atoms with Crippen LogP contribution in [-0.4, -0.2) is 17.7 Å². The number of benzene rings is 2. The summed E-state index contributed by atoms with van der Waals surface area (Å²) in [4.78, 5) is 11.4. The molecule has 0 aromatic heterocycles. The third-order valence-electron chi connectivity index (χ3n) is 3.84. The van der Waals surface area contributed by atoms with Gasteiger partial charge in [-0.3, -0.25) is 0 Å². The molecule has 0 unspecified atom stereocenters. The van der Waals surface area contributed by atoms with Crippen LogP contribution in [0.25, 0.3) is 16.7 Å². The van der Waals surface area contributed by atoms with Crippen LogP contribution in [0.4, 0.5) is 0 Å². The number of allylic oxidation sites excluding steroid dienone is 3. The van der Waals surface area contributed by atoms with E-state index in [1.807, 2.05) is 55.5 Å². The molecule has 0 aliphatic rings. The fraction of sp³-hybridized carbons (Fsp3) is 0.227. The first-order valence-electron chi connectivity index (χ1n) is 8.55. The number of ether oxygens (including phenoxy) is 1. The van der Waals surface area contributed by atoms with Crippen molar-refractivity contribution in [3.05, 3.63) is 72.3 Å². The van der Waals surface area contributed by atoms with Gasteiger partial charge in [-0.2, -0.15) is 0 Å². The topological polar surface area (TPSA) is 46.5 Å². The maximum absolute atomic E-state index is 11.4. The van der Waals surface area contributed by atoms with Gasteiger partial charge in [-0.05, 0) is 48.2 Å². The molecule has 2 rings (SSSR count). The molecule has 2 aromatic rings. The lowest BCUT2D eigenvalue weighted by Gasteiger charge is -2.08. The maximum Gasteiger partial charge on any atom is 0.336 e. The lowest BCUT2D eigenvalue weighted by atomic mass is 10.00. The molecule has 0 fully saturated rings. The fourth-order valence-corrected chi connectivity index (χ4v) is 2.40. The number of hydrogen-bond donors (Lipinski definition) is 1. The molecule has 0 aliphatic heterocycles. The second-order valence-corrected chi connectivity index (χ2v) is 5.72. The van der Waals surface area contributed by atoms with Crippen LogP contribution in [0.5, 0.6) is 5.75 Å². The van der Waals surface area contributed by atoms with Crippen LogP contribution in [0, 0.1) is 0 Å². The van der Waals surface area contributed by atoms with E-state index in [9.17, 15) is 9.90 Å². The van der Waals surface area contributed by atoms with Crippen LogP contribution >= 0.6 is 0 Å². The summed E-state index contributed by atoms with van der Waals surface area (Å²) < 4.78 is 5.67. The second kappa shape index (κ2) is 9.48. The Labute approximate surface area is 149 Å². The molecule has 3 nitrogen and oxygen atoms in total. The second-order valence-electron chi connectivity index (χ2n) is 5.72. The zero-order valence-corrected chi connectivity index (χ0v) is 14.7. The Morgan fingerprint density at radius 3 is 2.16 bits per heavy atom. The monoisotopic (exact) mass is 336 g/mol. The number of carbonyl (C=O) groups is 1. The molecule has 1 N–H and O–H groups in total. The largest absolute Gasteiger partial charge is 0.494 e. The van der Waals surface area contributed by atoms with Crippen molar-refractivity contribution >= 4 is 11.5 Å². The van der Waals surface area contributed by atoms with Crippen molar-refractivity contribution in [1.82, 2.24) is 0 Å². The quantitative estimate of drug-likeness (QED) is 0.389. The number of hydrogen-bond acceptors (Lipinski definition) is 2. The summed E-state index contributed by atoms with van der Waals surface area (Å²) in [6.07, 6.45) is 7.32. The zero-order chi connectivity index (χ0) is 18.1. The van der Waals surface area contributed by atoms with E-state index in [0.29, 0.717) is 5.56 Å². The summed E-state index contributed by atoms with van der Waals surface area (Å²) >= 11 is 0. The molecule has 0 heterocycles. The molecular formula is C22H24O3. The van der Waals surface area contributed by atoms with Gasteiger partial charge in [-0.1, -0.05) is 61.9 Å². The Morgan fingerprint density at radius 2 is 1.64 bits per heavy atom. The molecule has 25 heavy (non-hydrogen) atoms.